The van der Waals surface area contributed by atoms with Gasteiger partial charge in [-0.3, -0.25) is 0 Å². The molecule has 0 aromatic heterocycles. The summed E-state index contributed by atoms with van der Waals surface area (Å²) >= 11 is 0. The van der Waals surface area contributed by atoms with Crippen molar-refractivity contribution < 1.29 is 23.4 Å². The minimum absolute atomic E-state index is 0.189. The molecule has 0 spiro atoms. The largest absolute Gasteiger partial charge is 0.393 e. The smallest absolute Gasteiger partial charge is 0.328 e. The Balaban J connectivity index is 1.25. The fraction of sp³-hybridized carbons (Fsp3) is 0.966. The topological polar surface area (TPSA) is 116 Å². The van der Waals surface area contributed by atoms with Crippen molar-refractivity contribution in [3.63, 3.8) is 0 Å². The molecule has 212 valence electrons. The Morgan fingerprint density at radius 3 is 2.32 bits per heavy atom. The van der Waals surface area contributed by atoms with E-state index in [0.717, 1.165) is 51.4 Å². The van der Waals surface area contributed by atoms with Gasteiger partial charge in [-0.05, 0) is 116 Å². The quantitative estimate of drug-likeness (QED) is 0.383. The minimum Gasteiger partial charge on any atom is -0.393 e. The van der Waals surface area contributed by atoms with Crippen LogP contribution in [0.1, 0.15) is 98.3 Å². The van der Waals surface area contributed by atoms with E-state index in [4.69, 9.17) is 0 Å². The second-order valence-corrected chi connectivity index (χ2v) is 16.0. The van der Waals surface area contributed by atoms with Gasteiger partial charge in [0, 0.05) is 6.54 Å². The van der Waals surface area contributed by atoms with Crippen LogP contribution in [0.25, 0.3) is 0 Å². The summed E-state index contributed by atoms with van der Waals surface area (Å²) in [5.41, 5.74) is 0.404. The van der Waals surface area contributed by atoms with Crippen LogP contribution < -0.4 is 10.0 Å². The van der Waals surface area contributed by atoms with Gasteiger partial charge < -0.3 is 15.5 Å². The number of amides is 2. The van der Waals surface area contributed by atoms with Gasteiger partial charge in [0.15, 0.2) is 0 Å². The van der Waals surface area contributed by atoms with Crippen LogP contribution >= 0.6 is 0 Å². The molecule has 37 heavy (non-hydrogen) atoms. The standard InChI is InChI=1S/C29H50N2O5S/c1-5-20-24-16-18(32)10-13-29(24,4)23-11-14-28(3)21(8-9-22(28)25(23)26(20)33)17(2)12-15-30-27(34)31-37(35,36)19-6-7-19/h17-26,32-33H,5-16H2,1-4H3,(H2,30,31,34)/t17-,18-,20-,21?,22+,23+,24?,25+,26-,28?,29?/m1/s1. The van der Waals surface area contributed by atoms with Gasteiger partial charge >= 0.3 is 6.03 Å². The van der Waals surface area contributed by atoms with Crippen LogP contribution in [0.15, 0.2) is 0 Å². The Hall–Kier alpha value is -0.860. The van der Waals surface area contributed by atoms with E-state index >= 15 is 0 Å². The highest BCUT2D eigenvalue weighted by atomic mass is 32.2. The van der Waals surface area contributed by atoms with E-state index in [2.05, 4.69) is 37.7 Å². The molecule has 5 rings (SSSR count). The fourth-order valence-electron chi connectivity index (χ4n) is 10.2. The van der Waals surface area contributed by atoms with Crippen molar-refractivity contribution in [2.75, 3.05) is 6.54 Å². The molecule has 5 aliphatic rings. The number of carbonyl (C=O) groups excluding carboxylic acids is 1. The summed E-state index contributed by atoms with van der Waals surface area (Å²) < 4.78 is 26.2. The van der Waals surface area contributed by atoms with Crippen LogP contribution in [0, 0.1) is 52.3 Å². The van der Waals surface area contributed by atoms with Crippen molar-refractivity contribution in [2.24, 2.45) is 52.3 Å². The summed E-state index contributed by atoms with van der Waals surface area (Å²) in [5.74, 6) is 3.05. The molecule has 0 aliphatic heterocycles. The third-order valence-electron chi connectivity index (χ3n) is 12.2. The summed E-state index contributed by atoms with van der Waals surface area (Å²) in [6.45, 7) is 9.93. The summed E-state index contributed by atoms with van der Waals surface area (Å²) in [7, 11) is -3.52. The molecular weight excluding hydrogens is 488 g/mol. The Labute approximate surface area is 224 Å². The van der Waals surface area contributed by atoms with E-state index < -0.39 is 21.3 Å². The average molecular weight is 539 g/mol. The van der Waals surface area contributed by atoms with E-state index in [9.17, 15) is 23.4 Å². The molecule has 5 aliphatic carbocycles. The number of sulfonamides is 1. The lowest BCUT2D eigenvalue weighted by molar-refractivity contribution is -0.203. The molecule has 5 fully saturated rings. The van der Waals surface area contributed by atoms with Crippen molar-refractivity contribution in [2.45, 2.75) is 116 Å². The van der Waals surface area contributed by atoms with E-state index in [-0.39, 0.29) is 29.0 Å². The van der Waals surface area contributed by atoms with Crippen LogP contribution in [0.2, 0.25) is 0 Å². The molecule has 0 bridgehead atoms. The molecule has 8 heteroatoms. The molecule has 0 aromatic carbocycles. The number of aliphatic hydroxyl groups excluding tert-OH is 2. The van der Waals surface area contributed by atoms with Crippen LogP contribution in [-0.2, 0) is 10.0 Å². The number of hydrogen-bond donors (Lipinski definition) is 4. The van der Waals surface area contributed by atoms with E-state index in [1.807, 2.05) is 0 Å². The lowest BCUT2D eigenvalue weighted by Crippen LogP contribution is -2.62. The highest BCUT2D eigenvalue weighted by molar-refractivity contribution is 7.90. The number of hydrogen-bond acceptors (Lipinski definition) is 5. The second kappa shape index (κ2) is 9.96. The highest BCUT2D eigenvalue weighted by Crippen LogP contribution is 2.69. The molecule has 0 heterocycles. The molecular formula is C29H50N2O5S. The third kappa shape index (κ3) is 4.75. The first kappa shape index (κ1) is 27.7. The molecule has 5 saturated carbocycles. The number of aliphatic hydroxyl groups is 2. The molecule has 0 saturated heterocycles. The maximum absolute atomic E-state index is 12.2. The van der Waals surface area contributed by atoms with E-state index in [1.54, 1.807) is 0 Å². The summed E-state index contributed by atoms with van der Waals surface area (Å²) in [6, 6.07) is -0.605. The Bertz CT molecular complexity index is 969. The zero-order chi connectivity index (χ0) is 26.8. The maximum atomic E-state index is 12.2. The van der Waals surface area contributed by atoms with Crippen LogP contribution in [0.4, 0.5) is 4.79 Å². The van der Waals surface area contributed by atoms with Crippen molar-refractivity contribution in [1.29, 1.82) is 0 Å². The number of rotatable bonds is 7. The molecule has 11 atom stereocenters. The zero-order valence-electron chi connectivity index (χ0n) is 23.3. The zero-order valence-corrected chi connectivity index (χ0v) is 24.1. The highest BCUT2D eigenvalue weighted by Gasteiger charge is 2.64. The number of nitrogens with one attached hydrogen (secondary N) is 2. The van der Waals surface area contributed by atoms with Gasteiger partial charge in [-0.2, -0.15) is 0 Å². The molecule has 4 N–H and O–H groups in total. The van der Waals surface area contributed by atoms with E-state index in [0.29, 0.717) is 54.9 Å². The third-order valence-corrected chi connectivity index (χ3v) is 14.1. The van der Waals surface area contributed by atoms with Crippen LogP contribution in [-0.4, -0.2) is 48.7 Å². The second-order valence-electron chi connectivity index (χ2n) is 14.0. The molecule has 7 nitrogen and oxygen atoms in total. The lowest BCUT2D eigenvalue weighted by atomic mass is 9.41. The summed E-state index contributed by atoms with van der Waals surface area (Å²) in [5, 5.41) is 24.7. The van der Waals surface area contributed by atoms with Crippen LogP contribution in [0.5, 0.6) is 0 Å². The maximum Gasteiger partial charge on any atom is 0.328 e. The summed E-state index contributed by atoms with van der Waals surface area (Å²) in [4.78, 5) is 12.2. The normalized spacial score (nSPS) is 46.3. The van der Waals surface area contributed by atoms with Crippen molar-refractivity contribution in [3.05, 3.63) is 0 Å². The van der Waals surface area contributed by atoms with Gasteiger partial charge in [-0.1, -0.05) is 34.1 Å². The van der Waals surface area contributed by atoms with Gasteiger partial charge in [0.2, 0.25) is 10.0 Å². The predicted molar refractivity (Wildman–Crippen MR) is 144 cm³/mol. The molecule has 0 radical (unpaired) electrons. The number of carbonyl (C=O) groups is 1. The SMILES string of the molecule is CC[C@@H]1C2C[C@H](O)CCC2(C)[C@H]2CCC3(C)C([C@H](C)CCNC(=O)NS(=O)(=O)C4CC4)CC[C@H]3[C@@H]2[C@@H]1O. The van der Waals surface area contributed by atoms with Crippen LogP contribution in [0.3, 0.4) is 0 Å². The molecule has 2 amide bonds. The van der Waals surface area contributed by atoms with Crippen molar-refractivity contribution in [3.8, 4) is 0 Å². The molecule has 4 unspecified atom stereocenters. The molecule has 0 aromatic rings. The van der Waals surface area contributed by atoms with Gasteiger partial charge in [0.1, 0.15) is 0 Å². The van der Waals surface area contributed by atoms with Gasteiger partial charge in [0.25, 0.3) is 0 Å². The Morgan fingerprint density at radius 2 is 1.65 bits per heavy atom. The lowest BCUT2D eigenvalue weighted by Gasteiger charge is -2.64. The first-order chi connectivity index (χ1) is 17.4. The first-order valence-electron chi connectivity index (χ1n) is 15.1. The number of fused-ring (bicyclic) bond motifs is 5. The predicted octanol–water partition coefficient (Wildman–Crippen LogP) is 4.43. The fourth-order valence-corrected chi connectivity index (χ4v) is 11.4. The minimum atomic E-state index is -3.52. The van der Waals surface area contributed by atoms with Gasteiger partial charge in [-0.15, -0.1) is 0 Å². The Morgan fingerprint density at radius 1 is 0.973 bits per heavy atom. The summed E-state index contributed by atoms with van der Waals surface area (Å²) in [6.07, 6.45) is 10.1. The van der Waals surface area contributed by atoms with E-state index in [1.165, 1.54) is 6.42 Å². The van der Waals surface area contributed by atoms with Gasteiger partial charge in [0.05, 0.1) is 17.5 Å². The monoisotopic (exact) mass is 538 g/mol. The van der Waals surface area contributed by atoms with Crippen molar-refractivity contribution in [1.82, 2.24) is 10.0 Å². The average Bonchev–Trinajstić information content (AvgIpc) is 3.63. The van der Waals surface area contributed by atoms with Crippen molar-refractivity contribution >= 4 is 16.1 Å². The van der Waals surface area contributed by atoms with Gasteiger partial charge in [-0.25, -0.2) is 17.9 Å². The first-order valence-corrected chi connectivity index (χ1v) is 16.6. The Kier molecular flexibility index (Phi) is 7.45. The number of urea groups is 1.